The maximum atomic E-state index is 12.5. The molecule has 1 aromatic carbocycles. The van der Waals surface area contributed by atoms with Crippen LogP contribution in [0.2, 0.25) is 0 Å². The molecule has 5 heteroatoms. The Balaban J connectivity index is 2.10. The van der Waals surface area contributed by atoms with E-state index >= 15 is 0 Å². The number of benzene rings is 1. The van der Waals surface area contributed by atoms with Crippen molar-refractivity contribution in [1.29, 1.82) is 5.26 Å². The van der Waals surface area contributed by atoms with Gasteiger partial charge in [-0.05, 0) is 42.4 Å². The van der Waals surface area contributed by atoms with E-state index < -0.39 is 10.0 Å². The van der Waals surface area contributed by atoms with Crippen LogP contribution in [0, 0.1) is 16.7 Å². The van der Waals surface area contributed by atoms with Gasteiger partial charge in [0.25, 0.3) is 0 Å². The minimum atomic E-state index is -3.27. The summed E-state index contributed by atoms with van der Waals surface area (Å²) < 4.78 is 26.7. The number of hydrogen-bond donors (Lipinski definition) is 0. The van der Waals surface area contributed by atoms with Crippen molar-refractivity contribution in [2.75, 3.05) is 13.1 Å². The van der Waals surface area contributed by atoms with E-state index in [1.807, 2.05) is 6.07 Å². The standard InChI is InChI=1S/C16H22N2O2S/c1-3-16(4-2)9-10-18(13-16)21(19,20)12-15-7-5-14(11-17)6-8-15/h5-8H,3-4,9-10,12-13H2,1-2H3. The van der Waals surface area contributed by atoms with E-state index in [0.717, 1.165) is 24.8 Å². The highest BCUT2D eigenvalue weighted by atomic mass is 32.2. The van der Waals surface area contributed by atoms with Crippen LogP contribution in [0.3, 0.4) is 0 Å². The van der Waals surface area contributed by atoms with Gasteiger partial charge in [0, 0.05) is 13.1 Å². The molecule has 0 saturated carbocycles. The molecule has 1 heterocycles. The van der Waals surface area contributed by atoms with E-state index in [-0.39, 0.29) is 11.2 Å². The van der Waals surface area contributed by atoms with Crippen molar-refractivity contribution in [3.05, 3.63) is 35.4 Å². The Labute approximate surface area is 127 Å². The van der Waals surface area contributed by atoms with E-state index in [4.69, 9.17) is 5.26 Å². The van der Waals surface area contributed by atoms with Gasteiger partial charge in [0.05, 0.1) is 17.4 Å². The zero-order valence-electron chi connectivity index (χ0n) is 12.7. The molecule has 0 spiro atoms. The summed E-state index contributed by atoms with van der Waals surface area (Å²) in [5, 5.41) is 8.77. The van der Waals surface area contributed by atoms with Gasteiger partial charge in [-0.1, -0.05) is 26.0 Å². The van der Waals surface area contributed by atoms with Crippen LogP contribution in [0.5, 0.6) is 0 Å². The van der Waals surface area contributed by atoms with Gasteiger partial charge in [-0.15, -0.1) is 0 Å². The van der Waals surface area contributed by atoms with Gasteiger partial charge in [-0.3, -0.25) is 0 Å². The number of nitrogens with zero attached hydrogens (tertiary/aromatic N) is 2. The molecule has 1 aliphatic heterocycles. The number of sulfonamides is 1. The highest BCUT2D eigenvalue weighted by molar-refractivity contribution is 7.88. The Morgan fingerprint density at radius 2 is 1.86 bits per heavy atom. The molecule has 2 rings (SSSR count). The van der Waals surface area contributed by atoms with Crippen molar-refractivity contribution >= 4 is 10.0 Å². The molecule has 0 unspecified atom stereocenters. The molecule has 0 radical (unpaired) electrons. The topological polar surface area (TPSA) is 61.2 Å². The predicted octanol–water partition coefficient (Wildman–Crippen LogP) is 2.90. The molecule has 4 nitrogen and oxygen atoms in total. The van der Waals surface area contributed by atoms with Crippen molar-refractivity contribution in [3.63, 3.8) is 0 Å². The minimum Gasteiger partial charge on any atom is -0.212 e. The molecule has 0 aromatic heterocycles. The fraction of sp³-hybridized carbons (Fsp3) is 0.562. The first-order valence-electron chi connectivity index (χ1n) is 7.41. The van der Waals surface area contributed by atoms with Gasteiger partial charge in [0.1, 0.15) is 0 Å². The maximum absolute atomic E-state index is 12.5. The highest BCUT2D eigenvalue weighted by Gasteiger charge is 2.39. The second-order valence-electron chi connectivity index (χ2n) is 5.86. The second kappa shape index (κ2) is 6.17. The third-order valence-corrected chi connectivity index (χ3v) is 6.53. The first-order valence-corrected chi connectivity index (χ1v) is 9.02. The molecule has 0 amide bonds. The van der Waals surface area contributed by atoms with E-state index in [9.17, 15) is 8.42 Å². The molecule has 1 saturated heterocycles. The second-order valence-corrected chi connectivity index (χ2v) is 7.82. The Bertz CT molecular complexity index is 625. The van der Waals surface area contributed by atoms with Crippen LogP contribution < -0.4 is 0 Å². The summed E-state index contributed by atoms with van der Waals surface area (Å²) in [5.41, 5.74) is 1.44. The molecule has 114 valence electrons. The third-order valence-electron chi connectivity index (χ3n) is 4.73. The molecule has 1 aromatic rings. The van der Waals surface area contributed by atoms with Crippen molar-refractivity contribution in [1.82, 2.24) is 4.31 Å². The summed E-state index contributed by atoms with van der Waals surface area (Å²) in [7, 11) is -3.27. The van der Waals surface area contributed by atoms with Gasteiger partial charge in [-0.2, -0.15) is 5.26 Å². The van der Waals surface area contributed by atoms with Crippen LogP contribution in [-0.4, -0.2) is 25.8 Å². The van der Waals surface area contributed by atoms with Gasteiger partial charge in [0.15, 0.2) is 0 Å². The quantitative estimate of drug-likeness (QED) is 0.840. The first-order chi connectivity index (χ1) is 9.94. The van der Waals surface area contributed by atoms with Crippen LogP contribution in [0.1, 0.15) is 44.2 Å². The van der Waals surface area contributed by atoms with Gasteiger partial charge in [0.2, 0.25) is 10.0 Å². The lowest BCUT2D eigenvalue weighted by molar-refractivity contribution is 0.279. The Morgan fingerprint density at radius 3 is 2.33 bits per heavy atom. The number of hydrogen-bond acceptors (Lipinski definition) is 3. The van der Waals surface area contributed by atoms with E-state index in [1.54, 1.807) is 28.6 Å². The highest BCUT2D eigenvalue weighted by Crippen LogP contribution is 2.38. The van der Waals surface area contributed by atoms with Crippen LogP contribution in [-0.2, 0) is 15.8 Å². The van der Waals surface area contributed by atoms with Crippen molar-refractivity contribution < 1.29 is 8.42 Å². The lowest BCUT2D eigenvalue weighted by Gasteiger charge is -2.26. The van der Waals surface area contributed by atoms with Gasteiger partial charge in [-0.25, -0.2) is 12.7 Å². The normalized spacial score (nSPS) is 18.5. The largest absolute Gasteiger partial charge is 0.218 e. The Kier molecular flexibility index (Phi) is 4.70. The van der Waals surface area contributed by atoms with Crippen molar-refractivity contribution in [3.8, 4) is 6.07 Å². The summed E-state index contributed by atoms with van der Waals surface area (Å²) in [4.78, 5) is 0. The molecule has 1 fully saturated rings. The maximum Gasteiger partial charge on any atom is 0.218 e. The summed E-state index contributed by atoms with van der Waals surface area (Å²) in [6, 6.07) is 8.81. The van der Waals surface area contributed by atoms with Crippen LogP contribution >= 0.6 is 0 Å². The smallest absolute Gasteiger partial charge is 0.212 e. The molecule has 1 aliphatic rings. The number of nitriles is 1. The first kappa shape index (κ1) is 16.0. The number of rotatable bonds is 5. The van der Waals surface area contributed by atoms with Crippen LogP contribution in [0.25, 0.3) is 0 Å². The molecular formula is C16H22N2O2S. The van der Waals surface area contributed by atoms with E-state index in [0.29, 0.717) is 18.7 Å². The fourth-order valence-corrected chi connectivity index (χ4v) is 4.57. The average molecular weight is 306 g/mol. The summed E-state index contributed by atoms with van der Waals surface area (Å²) in [5.74, 6) is 0.0161. The third kappa shape index (κ3) is 3.45. The summed E-state index contributed by atoms with van der Waals surface area (Å²) in [6.07, 6.45) is 2.99. The van der Waals surface area contributed by atoms with E-state index in [1.165, 1.54) is 0 Å². The van der Waals surface area contributed by atoms with Crippen molar-refractivity contribution in [2.24, 2.45) is 5.41 Å². The monoisotopic (exact) mass is 306 g/mol. The lowest BCUT2D eigenvalue weighted by Crippen LogP contribution is -2.32. The lowest BCUT2D eigenvalue weighted by atomic mass is 9.82. The Morgan fingerprint density at radius 1 is 1.24 bits per heavy atom. The van der Waals surface area contributed by atoms with Crippen molar-refractivity contribution in [2.45, 2.75) is 38.9 Å². The molecular weight excluding hydrogens is 284 g/mol. The molecule has 0 bridgehead atoms. The average Bonchev–Trinajstić information content (AvgIpc) is 2.94. The predicted molar refractivity (Wildman–Crippen MR) is 83.0 cm³/mol. The summed E-state index contributed by atoms with van der Waals surface area (Å²) in [6.45, 7) is 5.54. The molecule has 0 aliphatic carbocycles. The van der Waals surface area contributed by atoms with Crippen LogP contribution in [0.4, 0.5) is 0 Å². The molecule has 0 atom stereocenters. The molecule has 0 N–H and O–H groups in total. The SMILES string of the molecule is CCC1(CC)CCN(S(=O)(=O)Cc2ccc(C#N)cc2)C1. The Hall–Kier alpha value is -1.38. The van der Waals surface area contributed by atoms with Gasteiger partial charge < -0.3 is 0 Å². The van der Waals surface area contributed by atoms with Crippen LogP contribution in [0.15, 0.2) is 24.3 Å². The summed E-state index contributed by atoms with van der Waals surface area (Å²) >= 11 is 0. The molecule has 21 heavy (non-hydrogen) atoms. The van der Waals surface area contributed by atoms with E-state index in [2.05, 4.69) is 13.8 Å². The minimum absolute atomic E-state index is 0.0161. The zero-order chi connectivity index (χ0) is 15.5. The van der Waals surface area contributed by atoms with Gasteiger partial charge >= 0.3 is 0 Å². The fourth-order valence-electron chi connectivity index (χ4n) is 2.94. The zero-order valence-corrected chi connectivity index (χ0v) is 13.5.